The Labute approximate surface area is 130 Å². The van der Waals surface area contributed by atoms with E-state index in [0.717, 1.165) is 12.1 Å². The van der Waals surface area contributed by atoms with Crippen molar-refractivity contribution < 1.29 is 28.2 Å². The third-order valence-corrected chi connectivity index (χ3v) is 2.80. The fourth-order valence-electron chi connectivity index (χ4n) is 1.57. The standard InChI is InChI=1S/C14H13ClFNO5/c1-3-21-13(19)4-8(2)22-14(20)9-5-12(17-7-18)11(16)6-10(9)15/h5-6,8H,3-4H2,1-2H3/t8-/m0/s1. The summed E-state index contributed by atoms with van der Waals surface area (Å²) >= 11 is 5.76. The number of halogens is 2. The van der Waals surface area contributed by atoms with Gasteiger partial charge >= 0.3 is 11.9 Å². The van der Waals surface area contributed by atoms with Crippen molar-refractivity contribution in [1.82, 2.24) is 0 Å². The molecule has 118 valence electrons. The van der Waals surface area contributed by atoms with Gasteiger partial charge in [0.15, 0.2) is 5.82 Å². The van der Waals surface area contributed by atoms with Gasteiger partial charge in [0.25, 0.3) is 0 Å². The summed E-state index contributed by atoms with van der Waals surface area (Å²) in [7, 11) is 0. The number of carbonyl (C=O) groups excluding carboxylic acids is 3. The van der Waals surface area contributed by atoms with Crippen molar-refractivity contribution in [3.8, 4) is 0 Å². The number of benzene rings is 1. The maximum absolute atomic E-state index is 13.4. The van der Waals surface area contributed by atoms with Crippen molar-refractivity contribution >= 4 is 35.3 Å². The Morgan fingerprint density at radius 2 is 2.14 bits per heavy atom. The van der Waals surface area contributed by atoms with Gasteiger partial charge in [-0.1, -0.05) is 11.6 Å². The molecule has 0 aliphatic rings. The third-order valence-electron chi connectivity index (χ3n) is 2.49. The average Bonchev–Trinajstić information content (AvgIpc) is 2.41. The summed E-state index contributed by atoms with van der Waals surface area (Å²) in [5.41, 5.74) is -0.558. The molecule has 0 aliphatic carbocycles. The highest BCUT2D eigenvalue weighted by Gasteiger charge is 2.20. The van der Waals surface area contributed by atoms with Gasteiger partial charge in [-0.05, 0) is 26.0 Å². The molecule has 8 heteroatoms. The van der Waals surface area contributed by atoms with Gasteiger partial charge in [-0.2, -0.15) is 4.99 Å². The second-order valence-corrected chi connectivity index (χ2v) is 4.62. The molecule has 0 saturated carbocycles. The lowest BCUT2D eigenvalue weighted by Gasteiger charge is -2.13. The van der Waals surface area contributed by atoms with E-state index in [-0.39, 0.29) is 29.3 Å². The van der Waals surface area contributed by atoms with E-state index in [2.05, 4.69) is 4.99 Å². The molecule has 0 radical (unpaired) electrons. The molecule has 0 aromatic heterocycles. The molecule has 0 unspecified atom stereocenters. The molecule has 0 aliphatic heterocycles. The molecular weight excluding hydrogens is 317 g/mol. The number of hydrogen-bond acceptors (Lipinski definition) is 6. The lowest BCUT2D eigenvalue weighted by atomic mass is 10.2. The average molecular weight is 330 g/mol. The molecule has 1 aromatic carbocycles. The fraction of sp³-hybridized carbons (Fsp3) is 0.357. The normalized spacial score (nSPS) is 11.3. The van der Waals surface area contributed by atoms with Gasteiger partial charge in [0.1, 0.15) is 11.8 Å². The van der Waals surface area contributed by atoms with E-state index in [4.69, 9.17) is 21.1 Å². The number of isocyanates is 1. The third kappa shape index (κ3) is 4.95. The van der Waals surface area contributed by atoms with E-state index >= 15 is 0 Å². The zero-order valence-electron chi connectivity index (χ0n) is 11.9. The highest BCUT2D eigenvalue weighted by atomic mass is 35.5. The van der Waals surface area contributed by atoms with Crippen LogP contribution in [0.25, 0.3) is 0 Å². The molecule has 0 spiro atoms. The predicted octanol–water partition coefficient (Wildman–Crippen LogP) is 2.94. The van der Waals surface area contributed by atoms with E-state index in [9.17, 15) is 18.8 Å². The van der Waals surface area contributed by atoms with Crippen LogP contribution in [-0.4, -0.2) is 30.7 Å². The second kappa shape index (κ2) is 8.26. The zero-order chi connectivity index (χ0) is 16.7. The van der Waals surface area contributed by atoms with Gasteiger partial charge in [-0.15, -0.1) is 0 Å². The number of aliphatic imine (C=N–C) groups is 1. The molecule has 0 saturated heterocycles. The van der Waals surface area contributed by atoms with Gasteiger partial charge in [0.05, 0.1) is 23.6 Å². The van der Waals surface area contributed by atoms with Gasteiger partial charge < -0.3 is 9.47 Å². The van der Waals surface area contributed by atoms with Crippen LogP contribution in [0, 0.1) is 5.82 Å². The minimum absolute atomic E-state index is 0.127. The lowest BCUT2D eigenvalue weighted by molar-refractivity contribution is -0.145. The van der Waals surface area contributed by atoms with Gasteiger partial charge in [0, 0.05) is 0 Å². The predicted molar refractivity (Wildman–Crippen MR) is 75.3 cm³/mol. The van der Waals surface area contributed by atoms with E-state index < -0.39 is 23.9 Å². The van der Waals surface area contributed by atoms with Crippen LogP contribution in [0.4, 0.5) is 10.1 Å². The molecule has 1 aromatic rings. The quantitative estimate of drug-likeness (QED) is 0.455. The first-order valence-corrected chi connectivity index (χ1v) is 6.70. The first kappa shape index (κ1) is 17.8. The van der Waals surface area contributed by atoms with E-state index in [1.165, 1.54) is 13.0 Å². The summed E-state index contributed by atoms with van der Waals surface area (Å²) in [6.07, 6.45) is 0.284. The van der Waals surface area contributed by atoms with Crippen LogP contribution in [-0.2, 0) is 19.1 Å². The molecule has 0 N–H and O–H groups in total. The van der Waals surface area contributed by atoms with Gasteiger partial charge in [-0.25, -0.2) is 14.0 Å². The van der Waals surface area contributed by atoms with Crippen LogP contribution in [0.2, 0.25) is 5.02 Å². The van der Waals surface area contributed by atoms with Gasteiger partial charge in [-0.3, -0.25) is 4.79 Å². The number of nitrogens with zero attached hydrogens (tertiary/aromatic N) is 1. The summed E-state index contributed by atoms with van der Waals surface area (Å²) in [5.74, 6) is -2.26. The van der Waals surface area contributed by atoms with E-state index in [1.807, 2.05) is 0 Å². The van der Waals surface area contributed by atoms with Crippen LogP contribution in [0.3, 0.4) is 0 Å². The Morgan fingerprint density at radius 1 is 1.45 bits per heavy atom. The van der Waals surface area contributed by atoms with Crippen molar-refractivity contribution in [3.63, 3.8) is 0 Å². The molecular formula is C14H13ClFNO5. The first-order chi connectivity index (χ1) is 10.4. The Kier molecular flexibility index (Phi) is 6.69. The van der Waals surface area contributed by atoms with Crippen molar-refractivity contribution in [2.45, 2.75) is 26.4 Å². The SMILES string of the molecule is CCOC(=O)C[C@H](C)OC(=O)c1cc(N=C=O)c(F)cc1Cl. The topological polar surface area (TPSA) is 82.0 Å². The number of hydrogen-bond donors (Lipinski definition) is 0. The Bertz CT molecular complexity index is 628. The summed E-state index contributed by atoms with van der Waals surface area (Å²) in [4.78, 5) is 36.6. The molecule has 1 atom stereocenters. The maximum Gasteiger partial charge on any atom is 0.340 e. The maximum atomic E-state index is 13.4. The Hall–Kier alpha value is -2.24. The van der Waals surface area contributed by atoms with Crippen LogP contribution in [0.5, 0.6) is 0 Å². The number of ether oxygens (including phenoxy) is 2. The fourth-order valence-corrected chi connectivity index (χ4v) is 1.80. The Balaban J connectivity index is 2.87. The molecule has 1 rings (SSSR count). The first-order valence-electron chi connectivity index (χ1n) is 6.32. The number of esters is 2. The number of rotatable bonds is 6. The van der Waals surface area contributed by atoms with Crippen LogP contribution in [0.15, 0.2) is 17.1 Å². The van der Waals surface area contributed by atoms with Crippen molar-refractivity contribution in [1.29, 1.82) is 0 Å². The molecule has 0 fully saturated rings. The van der Waals surface area contributed by atoms with Crippen LogP contribution < -0.4 is 0 Å². The summed E-state index contributed by atoms with van der Waals surface area (Å²) in [5, 5.41) is -0.198. The highest BCUT2D eigenvalue weighted by molar-refractivity contribution is 6.33. The van der Waals surface area contributed by atoms with Crippen molar-refractivity contribution in [2.24, 2.45) is 4.99 Å². The van der Waals surface area contributed by atoms with Crippen molar-refractivity contribution in [3.05, 3.63) is 28.5 Å². The summed E-state index contributed by atoms with van der Waals surface area (Å²) in [6, 6.07) is 1.81. The second-order valence-electron chi connectivity index (χ2n) is 4.21. The summed E-state index contributed by atoms with van der Waals surface area (Å²) < 4.78 is 23.2. The molecule has 0 heterocycles. The minimum Gasteiger partial charge on any atom is -0.466 e. The highest BCUT2D eigenvalue weighted by Crippen LogP contribution is 2.27. The zero-order valence-corrected chi connectivity index (χ0v) is 12.6. The smallest absolute Gasteiger partial charge is 0.340 e. The molecule has 6 nitrogen and oxygen atoms in total. The van der Waals surface area contributed by atoms with E-state index in [1.54, 1.807) is 6.92 Å². The number of carbonyl (C=O) groups is 2. The Morgan fingerprint density at radius 3 is 2.73 bits per heavy atom. The molecule has 0 bridgehead atoms. The molecule has 0 amide bonds. The van der Waals surface area contributed by atoms with Gasteiger partial charge in [0.2, 0.25) is 6.08 Å². The molecule has 22 heavy (non-hydrogen) atoms. The largest absolute Gasteiger partial charge is 0.466 e. The minimum atomic E-state index is -0.871. The van der Waals surface area contributed by atoms with Crippen molar-refractivity contribution in [2.75, 3.05) is 6.61 Å². The monoisotopic (exact) mass is 329 g/mol. The lowest BCUT2D eigenvalue weighted by Crippen LogP contribution is -2.20. The van der Waals surface area contributed by atoms with Crippen LogP contribution >= 0.6 is 11.6 Å². The van der Waals surface area contributed by atoms with E-state index in [0.29, 0.717) is 0 Å². The summed E-state index contributed by atoms with van der Waals surface area (Å²) in [6.45, 7) is 3.37. The van der Waals surface area contributed by atoms with Crippen LogP contribution in [0.1, 0.15) is 30.6 Å².